The molecule has 0 radical (unpaired) electrons. The molecule has 6 nitrogen and oxygen atoms in total. The van der Waals surface area contributed by atoms with Crippen molar-refractivity contribution in [2.45, 2.75) is 13.8 Å². The lowest BCUT2D eigenvalue weighted by Gasteiger charge is -2.16. The Morgan fingerprint density at radius 1 is 0.848 bits per heavy atom. The molecule has 3 aromatic carbocycles. The third-order valence-electron chi connectivity index (χ3n) is 5.01. The Balaban J connectivity index is 1.49. The van der Waals surface area contributed by atoms with Gasteiger partial charge in [-0.25, -0.2) is 4.90 Å². The second-order valence-electron chi connectivity index (χ2n) is 7.64. The zero-order valence-corrected chi connectivity index (χ0v) is 20.7. The molecule has 2 N–H and O–H groups in total. The Kier molecular flexibility index (Phi) is 6.53. The van der Waals surface area contributed by atoms with Crippen LogP contribution in [-0.4, -0.2) is 17.7 Å². The number of carbonyl (C=O) groups excluding carboxylic acids is 3. The lowest BCUT2D eigenvalue weighted by Crippen LogP contribution is -2.32. The molecule has 0 aromatic heterocycles. The molecule has 0 spiro atoms. The molecule has 0 unspecified atom stereocenters. The maximum Gasteiger partial charge on any atom is 0.283 e. The zero-order chi connectivity index (χ0) is 23.7. The maximum atomic E-state index is 13.0. The van der Waals surface area contributed by atoms with E-state index in [-0.39, 0.29) is 16.6 Å². The maximum absolute atomic E-state index is 13.0. The number of imide groups is 1. The fourth-order valence-electron chi connectivity index (χ4n) is 3.51. The van der Waals surface area contributed by atoms with Gasteiger partial charge in [-0.05, 0) is 108 Å². The molecule has 0 atom stereocenters. The van der Waals surface area contributed by atoms with Crippen LogP contribution in [0.2, 0.25) is 0 Å². The lowest BCUT2D eigenvalue weighted by molar-refractivity contribution is -0.120. The smallest absolute Gasteiger partial charge is 0.283 e. The molecular formula is C25H19ClIN3O3. The number of benzene rings is 3. The second kappa shape index (κ2) is 9.36. The first-order valence-corrected chi connectivity index (χ1v) is 11.5. The van der Waals surface area contributed by atoms with Crippen LogP contribution in [0.15, 0.2) is 77.5 Å². The van der Waals surface area contributed by atoms with Crippen LogP contribution < -0.4 is 15.5 Å². The number of rotatable bonds is 5. The summed E-state index contributed by atoms with van der Waals surface area (Å²) in [5.74, 6) is -1.37. The second-order valence-corrected chi connectivity index (χ2v) is 9.27. The van der Waals surface area contributed by atoms with Crippen molar-refractivity contribution in [2.24, 2.45) is 0 Å². The van der Waals surface area contributed by atoms with Crippen LogP contribution in [0.25, 0.3) is 0 Å². The SMILES string of the molecule is Cc1cc(C)cc(N2C(=O)C(Cl)=C(Nc3ccc(C(=O)Nc4ccc(I)cc4)cc3)C2=O)c1. The van der Waals surface area contributed by atoms with Gasteiger partial charge in [0.1, 0.15) is 10.7 Å². The number of hydrogen-bond donors (Lipinski definition) is 2. The Morgan fingerprint density at radius 2 is 1.42 bits per heavy atom. The van der Waals surface area contributed by atoms with Crippen molar-refractivity contribution in [1.82, 2.24) is 0 Å². The van der Waals surface area contributed by atoms with Crippen LogP contribution in [0.1, 0.15) is 21.5 Å². The van der Waals surface area contributed by atoms with Gasteiger partial charge in [-0.15, -0.1) is 0 Å². The van der Waals surface area contributed by atoms with Crippen LogP contribution in [-0.2, 0) is 9.59 Å². The normalized spacial score (nSPS) is 13.5. The van der Waals surface area contributed by atoms with Crippen molar-refractivity contribution < 1.29 is 14.4 Å². The number of halogens is 2. The van der Waals surface area contributed by atoms with Gasteiger partial charge in [0, 0.05) is 20.5 Å². The molecular weight excluding hydrogens is 553 g/mol. The van der Waals surface area contributed by atoms with Crippen LogP contribution in [0.5, 0.6) is 0 Å². The van der Waals surface area contributed by atoms with Gasteiger partial charge in [0.25, 0.3) is 17.7 Å². The van der Waals surface area contributed by atoms with E-state index in [1.54, 1.807) is 36.4 Å². The van der Waals surface area contributed by atoms with Crippen molar-refractivity contribution in [1.29, 1.82) is 0 Å². The molecule has 0 aliphatic carbocycles. The van der Waals surface area contributed by atoms with Gasteiger partial charge in [-0.3, -0.25) is 14.4 Å². The molecule has 4 rings (SSSR count). The number of anilines is 3. The number of nitrogens with zero attached hydrogens (tertiary/aromatic N) is 1. The first-order valence-electron chi connectivity index (χ1n) is 10.0. The summed E-state index contributed by atoms with van der Waals surface area (Å²) in [5, 5.41) is 5.58. The summed E-state index contributed by atoms with van der Waals surface area (Å²) < 4.78 is 1.07. The van der Waals surface area contributed by atoms with E-state index in [9.17, 15) is 14.4 Å². The van der Waals surface area contributed by atoms with Crippen LogP contribution in [0.3, 0.4) is 0 Å². The third kappa shape index (κ3) is 4.94. The van der Waals surface area contributed by atoms with Gasteiger partial charge in [0.2, 0.25) is 0 Å². The predicted octanol–water partition coefficient (Wildman–Crippen LogP) is 5.60. The Morgan fingerprint density at radius 3 is 2.03 bits per heavy atom. The van der Waals surface area contributed by atoms with Crippen molar-refractivity contribution >= 4 is 69.0 Å². The highest BCUT2D eigenvalue weighted by atomic mass is 127. The molecule has 3 amide bonds. The highest BCUT2D eigenvalue weighted by Crippen LogP contribution is 2.31. The highest BCUT2D eigenvalue weighted by molar-refractivity contribution is 14.1. The molecule has 3 aromatic rings. The molecule has 8 heteroatoms. The molecule has 1 heterocycles. The first-order chi connectivity index (χ1) is 15.7. The van der Waals surface area contributed by atoms with E-state index in [1.807, 2.05) is 44.2 Å². The minimum absolute atomic E-state index is 0.00286. The first kappa shape index (κ1) is 23.0. The van der Waals surface area contributed by atoms with E-state index in [2.05, 4.69) is 33.2 Å². The predicted molar refractivity (Wildman–Crippen MR) is 138 cm³/mol. The fourth-order valence-corrected chi connectivity index (χ4v) is 4.08. The molecule has 166 valence electrons. The van der Waals surface area contributed by atoms with E-state index in [1.165, 1.54) is 0 Å². The van der Waals surface area contributed by atoms with Crippen LogP contribution in [0, 0.1) is 17.4 Å². The Bertz CT molecular complexity index is 1280. The minimum atomic E-state index is -0.581. The summed E-state index contributed by atoms with van der Waals surface area (Å²) in [6, 6.07) is 19.5. The highest BCUT2D eigenvalue weighted by Gasteiger charge is 2.39. The van der Waals surface area contributed by atoms with Crippen molar-refractivity contribution in [2.75, 3.05) is 15.5 Å². The number of nitrogens with one attached hydrogen (secondary N) is 2. The van der Waals surface area contributed by atoms with Crippen molar-refractivity contribution in [3.8, 4) is 0 Å². The van der Waals surface area contributed by atoms with Crippen molar-refractivity contribution in [3.05, 3.63) is 97.7 Å². The number of carbonyl (C=O) groups is 3. The Hall–Kier alpha value is -3.17. The molecule has 0 fully saturated rings. The van der Waals surface area contributed by atoms with Gasteiger partial charge >= 0.3 is 0 Å². The van der Waals surface area contributed by atoms with Crippen LogP contribution >= 0.6 is 34.2 Å². The molecule has 1 aliphatic rings. The number of hydrogen-bond acceptors (Lipinski definition) is 4. The van der Waals surface area contributed by atoms with Gasteiger partial charge in [0.15, 0.2) is 0 Å². The minimum Gasteiger partial charge on any atom is -0.350 e. The summed E-state index contributed by atoms with van der Waals surface area (Å²) in [7, 11) is 0. The summed E-state index contributed by atoms with van der Waals surface area (Å²) in [5.41, 5.74) is 4.00. The van der Waals surface area contributed by atoms with E-state index in [0.29, 0.717) is 22.6 Å². The zero-order valence-electron chi connectivity index (χ0n) is 17.8. The summed E-state index contributed by atoms with van der Waals surface area (Å²) in [4.78, 5) is 39.2. The van der Waals surface area contributed by atoms with Gasteiger partial charge in [-0.2, -0.15) is 0 Å². The van der Waals surface area contributed by atoms with Crippen LogP contribution in [0.4, 0.5) is 17.1 Å². The summed E-state index contributed by atoms with van der Waals surface area (Å²) in [6.45, 7) is 3.79. The lowest BCUT2D eigenvalue weighted by atomic mass is 10.1. The topological polar surface area (TPSA) is 78.5 Å². The molecule has 1 aliphatic heterocycles. The van der Waals surface area contributed by atoms with Gasteiger partial charge < -0.3 is 10.6 Å². The molecule has 0 bridgehead atoms. The number of amides is 3. The van der Waals surface area contributed by atoms with Gasteiger partial charge in [-0.1, -0.05) is 17.7 Å². The summed E-state index contributed by atoms with van der Waals surface area (Å²) >= 11 is 8.42. The monoisotopic (exact) mass is 571 g/mol. The summed E-state index contributed by atoms with van der Waals surface area (Å²) in [6.07, 6.45) is 0. The van der Waals surface area contributed by atoms with E-state index < -0.39 is 11.8 Å². The molecule has 0 saturated heterocycles. The van der Waals surface area contributed by atoms with Crippen molar-refractivity contribution in [3.63, 3.8) is 0 Å². The Labute approximate surface area is 209 Å². The largest absolute Gasteiger partial charge is 0.350 e. The fraction of sp³-hybridized carbons (Fsp3) is 0.0800. The average Bonchev–Trinajstić information content (AvgIpc) is 2.98. The average molecular weight is 572 g/mol. The quantitative estimate of drug-likeness (QED) is 0.309. The number of aryl methyl sites for hydroxylation is 2. The van der Waals surface area contributed by atoms with E-state index >= 15 is 0 Å². The molecule has 0 saturated carbocycles. The molecule has 33 heavy (non-hydrogen) atoms. The van der Waals surface area contributed by atoms with E-state index in [4.69, 9.17) is 11.6 Å². The van der Waals surface area contributed by atoms with E-state index in [0.717, 1.165) is 19.6 Å². The van der Waals surface area contributed by atoms with Gasteiger partial charge in [0.05, 0.1) is 5.69 Å². The standard InChI is InChI=1S/C25H19ClIN3O3/c1-14-11-15(2)13-20(12-14)30-24(32)21(26)22(25(30)33)28-18-7-3-16(4-8-18)23(31)29-19-9-5-17(27)6-10-19/h3-13,28H,1-2H3,(H,29,31). The third-order valence-corrected chi connectivity index (χ3v) is 6.08.